The van der Waals surface area contributed by atoms with Crippen molar-refractivity contribution in [1.82, 2.24) is 0 Å². The first-order valence-corrected chi connectivity index (χ1v) is 6.22. The molecule has 1 aromatic carbocycles. The lowest BCUT2D eigenvalue weighted by Crippen LogP contribution is -1.86. The van der Waals surface area contributed by atoms with Gasteiger partial charge in [-0.3, -0.25) is 0 Å². The van der Waals surface area contributed by atoms with Gasteiger partial charge in [0.05, 0.1) is 0 Å². The van der Waals surface area contributed by atoms with Gasteiger partial charge in [0.1, 0.15) is 0 Å². The smallest absolute Gasteiger partial charge is 0.327 e. The van der Waals surface area contributed by atoms with Crippen LogP contribution < -0.4 is 0 Å². The lowest BCUT2D eigenvalue weighted by atomic mass is 10.1. The van der Waals surface area contributed by atoms with Crippen LogP contribution in [0.1, 0.15) is 37.7 Å². The van der Waals surface area contributed by atoms with E-state index in [0.717, 1.165) is 19.3 Å². The predicted octanol–water partition coefficient (Wildman–Crippen LogP) is 3.82. The third-order valence-corrected chi connectivity index (χ3v) is 2.69. The van der Waals surface area contributed by atoms with Gasteiger partial charge in [-0.15, -0.1) is 0 Å². The number of allylic oxidation sites excluding steroid dienone is 1. The van der Waals surface area contributed by atoms with E-state index in [9.17, 15) is 4.79 Å². The van der Waals surface area contributed by atoms with Crippen molar-refractivity contribution in [2.45, 2.75) is 38.5 Å². The summed E-state index contributed by atoms with van der Waals surface area (Å²) < 4.78 is 0. The van der Waals surface area contributed by atoms with Gasteiger partial charge in [-0.25, -0.2) is 4.79 Å². The van der Waals surface area contributed by atoms with Crippen LogP contribution in [0.3, 0.4) is 0 Å². The van der Waals surface area contributed by atoms with Gasteiger partial charge in [0, 0.05) is 6.08 Å². The fourth-order valence-electron chi connectivity index (χ4n) is 1.77. The van der Waals surface area contributed by atoms with E-state index in [1.165, 1.54) is 30.9 Å². The van der Waals surface area contributed by atoms with Crippen molar-refractivity contribution in [3.8, 4) is 0 Å². The summed E-state index contributed by atoms with van der Waals surface area (Å²) in [5.74, 6) is -0.853. The molecule has 0 aromatic heterocycles. The number of hydrogen-bond donors (Lipinski definition) is 1. The zero-order valence-electron chi connectivity index (χ0n) is 10.1. The zero-order valence-corrected chi connectivity index (χ0v) is 10.1. The second-order valence-electron chi connectivity index (χ2n) is 4.18. The summed E-state index contributed by atoms with van der Waals surface area (Å²) in [7, 11) is 0. The Balaban J connectivity index is 1.96. The molecule has 1 N–H and O–H groups in total. The van der Waals surface area contributed by atoms with Crippen LogP contribution in [0.15, 0.2) is 42.5 Å². The molecule has 0 aliphatic carbocycles. The number of hydrogen-bond acceptors (Lipinski definition) is 1. The molecule has 0 aliphatic heterocycles. The topological polar surface area (TPSA) is 37.3 Å². The van der Waals surface area contributed by atoms with Crippen molar-refractivity contribution >= 4 is 5.97 Å². The Morgan fingerprint density at radius 2 is 1.76 bits per heavy atom. The van der Waals surface area contributed by atoms with Crippen LogP contribution in [0.4, 0.5) is 0 Å². The summed E-state index contributed by atoms with van der Waals surface area (Å²) in [5.41, 5.74) is 1.40. The maximum atomic E-state index is 10.2. The molecule has 0 aliphatic rings. The van der Waals surface area contributed by atoms with Gasteiger partial charge in [0.25, 0.3) is 0 Å². The predicted molar refractivity (Wildman–Crippen MR) is 70.0 cm³/mol. The SMILES string of the molecule is O=C(O)C=CCCCCCCc1ccccc1. The summed E-state index contributed by atoms with van der Waals surface area (Å²) in [5, 5.41) is 8.39. The molecule has 0 bridgehead atoms. The number of carboxylic acid groups (broad SMARTS) is 1. The van der Waals surface area contributed by atoms with Crippen molar-refractivity contribution in [1.29, 1.82) is 0 Å². The van der Waals surface area contributed by atoms with Crippen molar-refractivity contribution in [3.63, 3.8) is 0 Å². The second-order valence-corrected chi connectivity index (χ2v) is 4.18. The number of carboxylic acids is 1. The Bertz CT molecular complexity index is 341. The highest BCUT2D eigenvalue weighted by Gasteiger charge is 1.92. The summed E-state index contributed by atoms with van der Waals surface area (Å²) in [6.07, 6.45) is 9.67. The number of unbranched alkanes of at least 4 members (excludes halogenated alkanes) is 4. The van der Waals surface area contributed by atoms with E-state index in [2.05, 4.69) is 24.3 Å². The standard InChI is InChI=1S/C15H20O2/c16-15(17)13-9-4-2-1-3-6-10-14-11-7-5-8-12-14/h5,7-9,11-13H,1-4,6,10H2,(H,16,17). The van der Waals surface area contributed by atoms with Crippen LogP contribution in [-0.2, 0) is 11.2 Å². The van der Waals surface area contributed by atoms with E-state index in [-0.39, 0.29) is 0 Å². The molecular weight excluding hydrogens is 212 g/mol. The Morgan fingerprint density at radius 3 is 2.47 bits per heavy atom. The second kappa shape index (κ2) is 8.57. The van der Waals surface area contributed by atoms with Gasteiger partial charge in [-0.2, -0.15) is 0 Å². The Hall–Kier alpha value is -1.57. The highest BCUT2D eigenvalue weighted by atomic mass is 16.4. The third kappa shape index (κ3) is 7.34. The average Bonchev–Trinajstić information content (AvgIpc) is 2.33. The van der Waals surface area contributed by atoms with Gasteiger partial charge in [0.2, 0.25) is 0 Å². The first-order chi connectivity index (χ1) is 8.29. The average molecular weight is 232 g/mol. The minimum absolute atomic E-state index is 0.853. The normalized spacial score (nSPS) is 10.8. The van der Waals surface area contributed by atoms with Crippen LogP contribution in [0, 0.1) is 0 Å². The van der Waals surface area contributed by atoms with Gasteiger partial charge in [-0.05, 0) is 31.2 Å². The zero-order chi connectivity index (χ0) is 12.3. The maximum Gasteiger partial charge on any atom is 0.327 e. The van der Waals surface area contributed by atoms with Crippen molar-refractivity contribution in [2.75, 3.05) is 0 Å². The van der Waals surface area contributed by atoms with Crippen LogP contribution in [0.25, 0.3) is 0 Å². The van der Waals surface area contributed by atoms with E-state index >= 15 is 0 Å². The van der Waals surface area contributed by atoms with E-state index in [4.69, 9.17) is 5.11 Å². The lowest BCUT2D eigenvalue weighted by Gasteiger charge is -2.00. The molecule has 0 fully saturated rings. The molecule has 0 atom stereocenters. The number of carbonyl (C=O) groups is 1. The molecule has 0 amide bonds. The van der Waals surface area contributed by atoms with Crippen molar-refractivity contribution in [2.24, 2.45) is 0 Å². The molecule has 0 radical (unpaired) electrons. The molecular formula is C15H20O2. The van der Waals surface area contributed by atoms with E-state index < -0.39 is 5.97 Å². The Labute approximate surface area is 103 Å². The molecule has 0 saturated heterocycles. The molecule has 1 aromatic rings. The highest BCUT2D eigenvalue weighted by Crippen LogP contribution is 2.08. The maximum absolute atomic E-state index is 10.2. The number of benzene rings is 1. The molecule has 0 saturated carbocycles. The van der Waals surface area contributed by atoms with Gasteiger partial charge in [-0.1, -0.05) is 49.2 Å². The first kappa shape index (κ1) is 13.5. The quantitative estimate of drug-likeness (QED) is 0.546. The minimum Gasteiger partial charge on any atom is -0.478 e. The molecule has 0 heterocycles. The lowest BCUT2D eigenvalue weighted by molar-refractivity contribution is -0.131. The van der Waals surface area contributed by atoms with E-state index in [1.54, 1.807) is 6.08 Å². The highest BCUT2D eigenvalue weighted by molar-refractivity contribution is 5.79. The molecule has 2 nitrogen and oxygen atoms in total. The number of rotatable bonds is 8. The summed E-state index contributed by atoms with van der Waals surface area (Å²) in [6.45, 7) is 0. The van der Waals surface area contributed by atoms with Crippen molar-refractivity contribution in [3.05, 3.63) is 48.0 Å². The van der Waals surface area contributed by atoms with Gasteiger partial charge >= 0.3 is 5.97 Å². The van der Waals surface area contributed by atoms with Crippen LogP contribution in [-0.4, -0.2) is 11.1 Å². The van der Waals surface area contributed by atoms with Crippen LogP contribution in [0.5, 0.6) is 0 Å². The summed E-state index contributed by atoms with van der Waals surface area (Å²) >= 11 is 0. The monoisotopic (exact) mass is 232 g/mol. The van der Waals surface area contributed by atoms with Crippen LogP contribution in [0.2, 0.25) is 0 Å². The molecule has 17 heavy (non-hydrogen) atoms. The Morgan fingerprint density at radius 1 is 1.06 bits per heavy atom. The summed E-state index contributed by atoms with van der Waals surface area (Å²) in [6, 6.07) is 10.5. The number of aliphatic carboxylic acids is 1. The summed E-state index contributed by atoms with van der Waals surface area (Å²) in [4.78, 5) is 10.2. The molecule has 0 unspecified atom stereocenters. The fraction of sp³-hybridized carbons (Fsp3) is 0.400. The fourth-order valence-corrected chi connectivity index (χ4v) is 1.77. The molecule has 92 valence electrons. The molecule has 0 spiro atoms. The largest absolute Gasteiger partial charge is 0.478 e. The van der Waals surface area contributed by atoms with Crippen molar-refractivity contribution < 1.29 is 9.90 Å². The molecule has 2 heteroatoms. The minimum atomic E-state index is -0.853. The van der Waals surface area contributed by atoms with E-state index in [1.807, 2.05) is 6.07 Å². The van der Waals surface area contributed by atoms with Crippen LogP contribution >= 0.6 is 0 Å². The third-order valence-electron chi connectivity index (χ3n) is 2.69. The van der Waals surface area contributed by atoms with E-state index in [0.29, 0.717) is 0 Å². The Kier molecular flexibility index (Phi) is 6.80. The van der Waals surface area contributed by atoms with Gasteiger partial charge < -0.3 is 5.11 Å². The number of aryl methyl sites for hydroxylation is 1. The van der Waals surface area contributed by atoms with Gasteiger partial charge in [0.15, 0.2) is 0 Å². The molecule has 1 rings (SSSR count). The first-order valence-electron chi connectivity index (χ1n) is 6.22.